The fourth-order valence-electron chi connectivity index (χ4n) is 3.03. The first-order valence-corrected chi connectivity index (χ1v) is 8.81. The van der Waals surface area contributed by atoms with Gasteiger partial charge in [0.05, 0.1) is 0 Å². The van der Waals surface area contributed by atoms with Gasteiger partial charge in [0.15, 0.2) is 11.5 Å². The molecule has 0 bridgehead atoms. The van der Waals surface area contributed by atoms with Gasteiger partial charge in [-0.25, -0.2) is 4.79 Å². The van der Waals surface area contributed by atoms with Gasteiger partial charge in [-0.2, -0.15) is 0 Å². The van der Waals surface area contributed by atoms with E-state index in [2.05, 4.69) is 5.32 Å². The number of nitrogens with one attached hydrogen (secondary N) is 1. The number of β-lactam (4-membered cyclic amide) rings is 1. The molecule has 1 N–H and O–H groups in total. The molecule has 1 fully saturated rings. The van der Waals surface area contributed by atoms with E-state index in [-0.39, 0.29) is 18.9 Å². The first-order chi connectivity index (χ1) is 12.1. The first kappa shape index (κ1) is 19.9. The molecule has 6 nitrogen and oxygen atoms in total. The van der Waals surface area contributed by atoms with Crippen molar-refractivity contribution in [2.45, 2.75) is 59.3 Å². The van der Waals surface area contributed by atoms with Crippen molar-refractivity contribution < 1.29 is 23.9 Å². The van der Waals surface area contributed by atoms with Gasteiger partial charge in [0, 0.05) is 0 Å². The van der Waals surface area contributed by atoms with Crippen molar-refractivity contribution in [3.05, 3.63) is 35.9 Å². The molecular formula is C20H27NO5. The molecule has 1 aliphatic heterocycles. The van der Waals surface area contributed by atoms with E-state index in [0.29, 0.717) is 0 Å². The summed E-state index contributed by atoms with van der Waals surface area (Å²) in [6, 6.07) is 8.20. The number of amides is 1. The highest BCUT2D eigenvalue weighted by atomic mass is 16.6. The van der Waals surface area contributed by atoms with Gasteiger partial charge in [0.1, 0.15) is 12.2 Å². The molecule has 0 aromatic heterocycles. The predicted molar refractivity (Wildman–Crippen MR) is 95.9 cm³/mol. The normalized spacial score (nSPS) is 22.4. The third-order valence-corrected chi connectivity index (χ3v) is 4.13. The number of carbonyl (C=O) groups is 3. The molecule has 0 unspecified atom stereocenters. The smallest absolute Gasteiger partial charge is 0.330 e. The van der Waals surface area contributed by atoms with Crippen LogP contribution in [0.1, 0.15) is 46.6 Å². The molecule has 1 heterocycles. The van der Waals surface area contributed by atoms with Crippen LogP contribution in [0.5, 0.6) is 0 Å². The Morgan fingerprint density at radius 3 is 2.31 bits per heavy atom. The van der Waals surface area contributed by atoms with Crippen LogP contribution in [0.25, 0.3) is 0 Å². The predicted octanol–water partition coefficient (Wildman–Crippen LogP) is 2.60. The molecule has 2 atom stereocenters. The molecule has 2 rings (SSSR count). The maximum absolute atomic E-state index is 12.8. The second-order valence-corrected chi connectivity index (χ2v) is 8.07. The summed E-state index contributed by atoms with van der Waals surface area (Å²) in [7, 11) is 0. The summed E-state index contributed by atoms with van der Waals surface area (Å²) in [4.78, 5) is 37.8. The average molecular weight is 361 g/mol. The molecule has 1 aromatic rings. The molecule has 26 heavy (non-hydrogen) atoms. The maximum atomic E-state index is 12.8. The molecule has 0 radical (unpaired) electrons. The van der Waals surface area contributed by atoms with Gasteiger partial charge in [-0.05, 0) is 38.7 Å². The largest absolute Gasteiger partial charge is 0.459 e. The highest BCUT2D eigenvalue weighted by Gasteiger charge is 2.65. The van der Waals surface area contributed by atoms with Crippen LogP contribution >= 0.6 is 0 Å². The van der Waals surface area contributed by atoms with Crippen molar-refractivity contribution in [3.63, 3.8) is 0 Å². The highest BCUT2D eigenvalue weighted by Crippen LogP contribution is 2.41. The summed E-state index contributed by atoms with van der Waals surface area (Å²) < 4.78 is 10.8. The Bertz CT molecular complexity index is 677. The van der Waals surface area contributed by atoms with Crippen molar-refractivity contribution in [1.82, 2.24) is 5.32 Å². The molecule has 1 saturated heterocycles. The quantitative estimate of drug-likeness (QED) is 0.478. The van der Waals surface area contributed by atoms with E-state index in [1.165, 1.54) is 0 Å². The molecule has 1 aliphatic rings. The third-order valence-electron chi connectivity index (χ3n) is 4.13. The monoisotopic (exact) mass is 361 g/mol. The van der Waals surface area contributed by atoms with E-state index >= 15 is 0 Å². The number of rotatable bonds is 6. The van der Waals surface area contributed by atoms with Gasteiger partial charge in [0.25, 0.3) is 0 Å². The minimum absolute atomic E-state index is 0.0259. The van der Waals surface area contributed by atoms with Crippen molar-refractivity contribution >= 4 is 17.8 Å². The average Bonchev–Trinajstić information content (AvgIpc) is 2.54. The van der Waals surface area contributed by atoms with E-state index < -0.39 is 34.9 Å². The zero-order valence-electron chi connectivity index (χ0n) is 16.0. The van der Waals surface area contributed by atoms with Crippen LogP contribution in [-0.2, 0) is 30.5 Å². The van der Waals surface area contributed by atoms with Crippen LogP contribution in [-0.4, -0.2) is 29.5 Å². The number of hydrogen-bond donors (Lipinski definition) is 1. The lowest BCUT2D eigenvalue weighted by Gasteiger charge is -2.46. The van der Waals surface area contributed by atoms with Crippen LogP contribution in [0.15, 0.2) is 30.3 Å². The van der Waals surface area contributed by atoms with Crippen LogP contribution in [0.4, 0.5) is 0 Å². The summed E-state index contributed by atoms with van der Waals surface area (Å²) in [6.45, 7) is 9.06. The lowest BCUT2D eigenvalue weighted by atomic mass is 9.67. The summed E-state index contributed by atoms with van der Waals surface area (Å²) in [5, 5.41) is 2.53. The van der Waals surface area contributed by atoms with Gasteiger partial charge in [-0.3, -0.25) is 9.59 Å². The Balaban J connectivity index is 2.18. The summed E-state index contributed by atoms with van der Waals surface area (Å²) in [6.07, 6.45) is 0.221. The van der Waals surface area contributed by atoms with E-state index in [1.54, 1.807) is 20.8 Å². The van der Waals surface area contributed by atoms with Crippen molar-refractivity contribution in [2.24, 2.45) is 11.3 Å². The minimum Gasteiger partial charge on any atom is -0.459 e. The molecule has 0 spiro atoms. The highest BCUT2D eigenvalue weighted by molar-refractivity contribution is 6.14. The second kappa shape index (κ2) is 7.48. The second-order valence-electron chi connectivity index (χ2n) is 8.07. The summed E-state index contributed by atoms with van der Waals surface area (Å²) >= 11 is 0. The Kier molecular flexibility index (Phi) is 5.74. The number of esters is 2. The van der Waals surface area contributed by atoms with Gasteiger partial charge in [-0.15, -0.1) is 0 Å². The van der Waals surface area contributed by atoms with E-state index in [0.717, 1.165) is 5.56 Å². The Labute approximate surface area is 154 Å². The Hall–Kier alpha value is -2.37. The number of ether oxygens (including phenoxy) is 2. The number of hydrogen-bond acceptors (Lipinski definition) is 5. The molecule has 6 heteroatoms. The van der Waals surface area contributed by atoms with E-state index in [4.69, 9.17) is 9.47 Å². The molecule has 0 saturated carbocycles. The van der Waals surface area contributed by atoms with Crippen LogP contribution < -0.4 is 5.32 Å². The Morgan fingerprint density at radius 1 is 1.19 bits per heavy atom. The first-order valence-electron chi connectivity index (χ1n) is 8.81. The van der Waals surface area contributed by atoms with E-state index in [9.17, 15) is 14.4 Å². The SMILES string of the molecule is CC(C)C[C@]1(C(=O)OC(C)(C)C)C(=O)N[C@@H]1C(=O)OCc1ccccc1. The molecule has 1 aromatic carbocycles. The number of carbonyl (C=O) groups excluding carboxylic acids is 3. The zero-order chi connectivity index (χ0) is 19.5. The van der Waals surface area contributed by atoms with Gasteiger partial charge >= 0.3 is 11.9 Å². The standard InChI is InChI=1S/C20H27NO5/c1-13(2)11-20(18(24)26-19(3,4)5)15(21-17(20)23)16(22)25-12-14-9-7-6-8-10-14/h6-10,13,15H,11-12H2,1-5H3,(H,21,23)/t15-,20-/m1/s1. The molecule has 1 amide bonds. The zero-order valence-corrected chi connectivity index (χ0v) is 16.0. The van der Waals surface area contributed by atoms with Crippen LogP contribution in [0.2, 0.25) is 0 Å². The van der Waals surface area contributed by atoms with Crippen LogP contribution in [0.3, 0.4) is 0 Å². The molecule has 0 aliphatic carbocycles. The third kappa shape index (κ3) is 4.23. The van der Waals surface area contributed by atoms with Crippen molar-refractivity contribution in [1.29, 1.82) is 0 Å². The van der Waals surface area contributed by atoms with Gasteiger partial charge in [0.2, 0.25) is 5.91 Å². The fraction of sp³-hybridized carbons (Fsp3) is 0.550. The topological polar surface area (TPSA) is 81.7 Å². The minimum atomic E-state index is -1.53. The lowest BCUT2D eigenvalue weighted by molar-refractivity contribution is -0.189. The van der Waals surface area contributed by atoms with Gasteiger partial charge in [-0.1, -0.05) is 44.2 Å². The number of benzene rings is 1. The van der Waals surface area contributed by atoms with Crippen molar-refractivity contribution in [3.8, 4) is 0 Å². The van der Waals surface area contributed by atoms with Crippen molar-refractivity contribution in [2.75, 3.05) is 0 Å². The van der Waals surface area contributed by atoms with E-state index in [1.807, 2.05) is 44.2 Å². The van der Waals surface area contributed by atoms with Crippen LogP contribution in [0, 0.1) is 11.3 Å². The maximum Gasteiger partial charge on any atom is 0.330 e. The molecular weight excluding hydrogens is 334 g/mol. The molecule has 142 valence electrons. The summed E-state index contributed by atoms with van der Waals surface area (Å²) in [5.41, 5.74) is -1.46. The fourth-order valence-corrected chi connectivity index (χ4v) is 3.03. The Morgan fingerprint density at radius 2 is 1.81 bits per heavy atom. The summed E-state index contributed by atoms with van der Waals surface area (Å²) in [5.74, 6) is -1.76. The lowest BCUT2D eigenvalue weighted by Crippen LogP contribution is -2.74. The van der Waals surface area contributed by atoms with Gasteiger partial charge < -0.3 is 14.8 Å².